The van der Waals surface area contributed by atoms with Crippen LogP contribution in [-0.2, 0) is 6.42 Å². The lowest BCUT2D eigenvalue weighted by molar-refractivity contribution is 0.0954. The number of halogens is 2. The summed E-state index contributed by atoms with van der Waals surface area (Å²) in [6, 6.07) is 10.7. The highest BCUT2D eigenvalue weighted by molar-refractivity contribution is 6.33. The van der Waals surface area contributed by atoms with Crippen LogP contribution in [0, 0.1) is 0 Å². The zero-order valence-corrected chi connectivity index (χ0v) is 13.8. The van der Waals surface area contributed by atoms with Gasteiger partial charge in [-0.1, -0.05) is 35.3 Å². The highest BCUT2D eigenvalue weighted by Gasteiger charge is 2.16. The zero-order valence-electron chi connectivity index (χ0n) is 12.3. The molecule has 1 aliphatic rings. The summed E-state index contributed by atoms with van der Waals surface area (Å²) < 4.78 is 11.0. The van der Waals surface area contributed by atoms with Crippen molar-refractivity contribution in [3.63, 3.8) is 0 Å². The second-order valence-electron chi connectivity index (χ2n) is 5.09. The van der Waals surface area contributed by atoms with Crippen molar-refractivity contribution in [2.75, 3.05) is 19.8 Å². The Balaban J connectivity index is 1.62. The van der Waals surface area contributed by atoms with E-state index in [0.29, 0.717) is 53.3 Å². The number of ether oxygens (including phenoxy) is 2. The van der Waals surface area contributed by atoms with E-state index >= 15 is 0 Å². The van der Waals surface area contributed by atoms with E-state index in [4.69, 9.17) is 32.7 Å². The predicted octanol–water partition coefficient (Wildman–Crippen LogP) is 3.74. The quantitative estimate of drug-likeness (QED) is 0.912. The Morgan fingerprint density at radius 3 is 2.70 bits per heavy atom. The van der Waals surface area contributed by atoms with Crippen molar-refractivity contribution >= 4 is 29.1 Å². The Morgan fingerprint density at radius 1 is 1.09 bits per heavy atom. The maximum Gasteiger partial charge on any atom is 0.252 e. The summed E-state index contributed by atoms with van der Waals surface area (Å²) in [5, 5.41) is 3.81. The average Bonchev–Trinajstić information content (AvgIpc) is 2.55. The highest BCUT2D eigenvalue weighted by Crippen LogP contribution is 2.38. The standard InChI is InChI=1S/C17H15Cl2NO3/c18-13-4-2-1-3-12(13)17(21)20-6-5-11-9-14(19)16-15(10-11)22-7-8-23-16/h1-4,9-10H,5-8H2,(H,20,21). The summed E-state index contributed by atoms with van der Waals surface area (Å²) in [5.41, 5.74) is 1.44. The maximum absolute atomic E-state index is 12.1. The monoisotopic (exact) mass is 351 g/mol. The van der Waals surface area contributed by atoms with Gasteiger partial charge in [0.25, 0.3) is 5.91 Å². The normalized spacial score (nSPS) is 12.8. The molecule has 0 aliphatic carbocycles. The lowest BCUT2D eigenvalue weighted by Gasteiger charge is -2.20. The van der Waals surface area contributed by atoms with Gasteiger partial charge in [-0.15, -0.1) is 0 Å². The van der Waals surface area contributed by atoms with Crippen molar-refractivity contribution in [2.45, 2.75) is 6.42 Å². The van der Waals surface area contributed by atoms with Crippen molar-refractivity contribution in [3.05, 3.63) is 57.6 Å². The van der Waals surface area contributed by atoms with Crippen molar-refractivity contribution < 1.29 is 14.3 Å². The molecule has 23 heavy (non-hydrogen) atoms. The molecule has 0 atom stereocenters. The van der Waals surface area contributed by atoms with E-state index in [2.05, 4.69) is 5.32 Å². The third-order valence-electron chi connectivity index (χ3n) is 3.47. The molecule has 1 N–H and O–H groups in total. The van der Waals surface area contributed by atoms with Crippen LogP contribution in [-0.4, -0.2) is 25.7 Å². The molecule has 3 rings (SSSR count). The maximum atomic E-state index is 12.1. The second kappa shape index (κ2) is 7.11. The van der Waals surface area contributed by atoms with Gasteiger partial charge in [-0.05, 0) is 36.2 Å². The molecule has 1 heterocycles. The fourth-order valence-electron chi connectivity index (χ4n) is 2.37. The highest BCUT2D eigenvalue weighted by atomic mass is 35.5. The van der Waals surface area contributed by atoms with Crippen LogP contribution in [0.15, 0.2) is 36.4 Å². The van der Waals surface area contributed by atoms with Gasteiger partial charge in [0.2, 0.25) is 0 Å². The number of carbonyl (C=O) groups excluding carboxylic acids is 1. The van der Waals surface area contributed by atoms with Crippen LogP contribution in [0.2, 0.25) is 10.0 Å². The number of benzene rings is 2. The molecule has 120 valence electrons. The molecular weight excluding hydrogens is 337 g/mol. The van der Waals surface area contributed by atoms with E-state index in [1.165, 1.54) is 0 Å². The van der Waals surface area contributed by atoms with Gasteiger partial charge in [-0.25, -0.2) is 0 Å². The van der Waals surface area contributed by atoms with Gasteiger partial charge in [0.1, 0.15) is 13.2 Å². The number of hydrogen-bond donors (Lipinski definition) is 1. The molecule has 4 nitrogen and oxygen atoms in total. The first-order chi connectivity index (χ1) is 11.1. The van der Waals surface area contributed by atoms with E-state index in [0.717, 1.165) is 5.56 Å². The predicted molar refractivity (Wildman–Crippen MR) is 89.9 cm³/mol. The summed E-state index contributed by atoms with van der Waals surface area (Å²) in [6.07, 6.45) is 0.632. The third-order valence-corrected chi connectivity index (χ3v) is 4.08. The number of amides is 1. The van der Waals surface area contributed by atoms with Crippen molar-refractivity contribution in [2.24, 2.45) is 0 Å². The van der Waals surface area contributed by atoms with Crippen molar-refractivity contribution in [3.8, 4) is 11.5 Å². The fourth-order valence-corrected chi connectivity index (χ4v) is 2.88. The summed E-state index contributed by atoms with van der Waals surface area (Å²) in [6.45, 7) is 1.48. The molecule has 0 fully saturated rings. The Morgan fingerprint density at radius 2 is 1.87 bits per heavy atom. The number of carbonyl (C=O) groups is 1. The van der Waals surface area contributed by atoms with Crippen LogP contribution >= 0.6 is 23.2 Å². The van der Waals surface area contributed by atoms with E-state index in [1.54, 1.807) is 24.3 Å². The lowest BCUT2D eigenvalue weighted by Crippen LogP contribution is -2.26. The number of nitrogens with one attached hydrogen (secondary N) is 1. The van der Waals surface area contributed by atoms with Crippen LogP contribution < -0.4 is 14.8 Å². The van der Waals surface area contributed by atoms with Crippen molar-refractivity contribution in [1.82, 2.24) is 5.32 Å². The first-order valence-corrected chi connectivity index (χ1v) is 8.01. The van der Waals surface area contributed by atoms with Crippen LogP contribution in [0.5, 0.6) is 11.5 Å². The van der Waals surface area contributed by atoms with E-state index in [1.807, 2.05) is 12.1 Å². The molecule has 1 amide bonds. The summed E-state index contributed by atoms with van der Waals surface area (Å²) in [7, 11) is 0. The summed E-state index contributed by atoms with van der Waals surface area (Å²) in [5.74, 6) is 1.04. The first kappa shape index (κ1) is 16.0. The zero-order chi connectivity index (χ0) is 16.2. The van der Waals surface area contributed by atoms with Crippen LogP contribution in [0.4, 0.5) is 0 Å². The molecule has 0 saturated carbocycles. The molecule has 2 aromatic carbocycles. The molecule has 6 heteroatoms. The fraction of sp³-hybridized carbons (Fsp3) is 0.235. The van der Waals surface area contributed by atoms with Gasteiger partial charge >= 0.3 is 0 Å². The smallest absolute Gasteiger partial charge is 0.252 e. The summed E-state index contributed by atoms with van der Waals surface area (Å²) >= 11 is 12.2. The van der Waals surface area contributed by atoms with Gasteiger partial charge in [-0.3, -0.25) is 4.79 Å². The Kier molecular flexibility index (Phi) is 4.94. The molecule has 2 aromatic rings. The van der Waals surface area contributed by atoms with Gasteiger partial charge in [0, 0.05) is 6.54 Å². The third kappa shape index (κ3) is 3.71. The molecule has 0 spiro atoms. The van der Waals surface area contributed by atoms with Gasteiger partial charge in [-0.2, -0.15) is 0 Å². The summed E-state index contributed by atoms with van der Waals surface area (Å²) in [4.78, 5) is 12.1. The minimum absolute atomic E-state index is 0.195. The van der Waals surface area contributed by atoms with E-state index in [9.17, 15) is 4.79 Å². The molecule has 0 radical (unpaired) electrons. The van der Waals surface area contributed by atoms with E-state index < -0.39 is 0 Å². The lowest BCUT2D eigenvalue weighted by atomic mass is 10.1. The molecule has 0 saturated heterocycles. The number of rotatable bonds is 4. The van der Waals surface area contributed by atoms with Crippen LogP contribution in [0.3, 0.4) is 0 Å². The minimum atomic E-state index is -0.195. The Labute approximate surface area is 144 Å². The Bertz CT molecular complexity index is 734. The topological polar surface area (TPSA) is 47.6 Å². The van der Waals surface area contributed by atoms with Gasteiger partial charge in [0.15, 0.2) is 11.5 Å². The largest absolute Gasteiger partial charge is 0.486 e. The molecule has 0 bridgehead atoms. The number of fused-ring (bicyclic) bond motifs is 1. The molecule has 0 aromatic heterocycles. The average molecular weight is 352 g/mol. The van der Waals surface area contributed by atoms with Gasteiger partial charge < -0.3 is 14.8 Å². The van der Waals surface area contributed by atoms with Crippen molar-refractivity contribution in [1.29, 1.82) is 0 Å². The molecular formula is C17H15Cl2NO3. The first-order valence-electron chi connectivity index (χ1n) is 7.26. The number of hydrogen-bond acceptors (Lipinski definition) is 3. The Hall–Kier alpha value is -1.91. The second-order valence-corrected chi connectivity index (χ2v) is 5.90. The van der Waals surface area contributed by atoms with E-state index in [-0.39, 0.29) is 5.91 Å². The SMILES string of the molecule is O=C(NCCc1cc(Cl)c2c(c1)OCCO2)c1ccccc1Cl. The minimum Gasteiger partial charge on any atom is -0.486 e. The van der Waals surface area contributed by atoms with Crippen LogP contribution in [0.1, 0.15) is 15.9 Å². The molecule has 0 unspecified atom stereocenters. The van der Waals surface area contributed by atoms with Crippen LogP contribution in [0.25, 0.3) is 0 Å². The molecule has 1 aliphatic heterocycles. The van der Waals surface area contributed by atoms with Gasteiger partial charge in [0.05, 0.1) is 15.6 Å².